The van der Waals surface area contributed by atoms with E-state index in [9.17, 15) is 8.42 Å². The molecule has 1 aromatic rings. The standard InChI is InChI=1S/C14H23BrN2O3S/c1-10-6-4-3-5-7-12(10)17-21(18,19)13-8-11(9-16-2)20-14(13)15/h8,10,12,16-17H,3-7,9H2,1-2H3. The van der Waals surface area contributed by atoms with Crippen molar-refractivity contribution in [1.29, 1.82) is 0 Å². The van der Waals surface area contributed by atoms with Gasteiger partial charge in [-0.05, 0) is 41.7 Å². The minimum atomic E-state index is -3.56. The van der Waals surface area contributed by atoms with Crippen molar-refractivity contribution in [3.05, 3.63) is 16.5 Å². The Hall–Kier alpha value is -0.370. The van der Waals surface area contributed by atoms with Gasteiger partial charge in [0.15, 0.2) is 4.67 Å². The van der Waals surface area contributed by atoms with Crippen molar-refractivity contribution in [2.75, 3.05) is 7.05 Å². The zero-order valence-electron chi connectivity index (χ0n) is 12.5. The van der Waals surface area contributed by atoms with Gasteiger partial charge in [-0.25, -0.2) is 13.1 Å². The van der Waals surface area contributed by atoms with Gasteiger partial charge in [0.1, 0.15) is 10.7 Å². The van der Waals surface area contributed by atoms with E-state index in [-0.39, 0.29) is 15.6 Å². The fraction of sp³-hybridized carbons (Fsp3) is 0.714. The van der Waals surface area contributed by atoms with Crippen LogP contribution in [0.4, 0.5) is 0 Å². The smallest absolute Gasteiger partial charge is 0.245 e. The molecule has 0 saturated heterocycles. The first-order valence-corrected chi connectivity index (χ1v) is 9.67. The third-order valence-electron chi connectivity index (χ3n) is 4.02. The van der Waals surface area contributed by atoms with Gasteiger partial charge in [0.2, 0.25) is 10.0 Å². The Balaban J connectivity index is 2.17. The lowest BCUT2D eigenvalue weighted by Crippen LogP contribution is -2.38. The third kappa shape index (κ3) is 4.31. The van der Waals surface area contributed by atoms with Crippen molar-refractivity contribution in [2.24, 2.45) is 5.92 Å². The van der Waals surface area contributed by atoms with Crippen molar-refractivity contribution in [3.8, 4) is 0 Å². The fourth-order valence-electron chi connectivity index (χ4n) is 2.77. The molecule has 0 radical (unpaired) electrons. The number of hydrogen-bond acceptors (Lipinski definition) is 4. The zero-order chi connectivity index (χ0) is 15.5. The molecule has 1 aliphatic carbocycles. The minimum Gasteiger partial charge on any atom is -0.452 e. The van der Waals surface area contributed by atoms with Crippen LogP contribution in [0, 0.1) is 5.92 Å². The van der Waals surface area contributed by atoms with E-state index < -0.39 is 10.0 Å². The number of hydrogen-bond donors (Lipinski definition) is 2. The summed E-state index contributed by atoms with van der Waals surface area (Å²) >= 11 is 3.20. The number of rotatable bonds is 5. The first-order valence-electron chi connectivity index (χ1n) is 7.39. The van der Waals surface area contributed by atoms with Gasteiger partial charge >= 0.3 is 0 Å². The number of nitrogens with one attached hydrogen (secondary N) is 2. The fourth-order valence-corrected chi connectivity index (χ4v) is 5.15. The van der Waals surface area contributed by atoms with Gasteiger partial charge in [0.05, 0.1) is 6.54 Å². The molecule has 21 heavy (non-hydrogen) atoms. The van der Waals surface area contributed by atoms with Crippen LogP contribution in [0.5, 0.6) is 0 Å². The van der Waals surface area contributed by atoms with Crippen molar-refractivity contribution < 1.29 is 12.8 Å². The second kappa shape index (κ2) is 7.26. The Labute approximate surface area is 135 Å². The predicted molar refractivity (Wildman–Crippen MR) is 85.5 cm³/mol. The molecule has 1 fully saturated rings. The van der Waals surface area contributed by atoms with Crippen LogP contribution < -0.4 is 10.0 Å². The van der Waals surface area contributed by atoms with E-state index in [0.717, 1.165) is 19.3 Å². The van der Waals surface area contributed by atoms with Crippen LogP contribution in [-0.2, 0) is 16.6 Å². The molecule has 1 saturated carbocycles. The van der Waals surface area contributed by atoms with Crippen molar-refractivity contribution in [2.45, 2.75) is 56.5 Å². The number of sulfonamides is 1. The van der Waals surface area contributed by atoms with Gasteiger partial charge < -0.3 is 9.73 Å². The molecule has 2 atom stereocenters. The average molecular weight is 379 g/mol. The highest BCUT2D eigenvalue weighted by Gasteiger charge is 2.28. The number of halogens is 1. The highest BCUT2D eigenvalue weighted by atomic mass is 79.9. The van der Waals surface area contributed by atoms with Crippen molar-refractivity contribution in [3.63, 3.8) is 0 Å². The van der Waals surface area contributed by atoms with Crippen LogP contribution in [0.2, 0.25) is 0 Å². The summed E-state index contributed by atoms with van der Waals surface area (Å²) in [6, 6.07) is 1.58. The van der Waals surface area contributed by atoms with Gasteiger partial charge in [0.25, 0.3) is 0 Å². The van der Waals surface area contributed by atoms with Gasteiger partial charge in [0, 0.05) is 12.1 Å². The highest BCUT2D eigenvalue weighted by molar-refractivity contribution is 9.10. The highest BCUT2D eigenvalue weighted by Crippen LogP contribution is 2.29. The Morgan fingerprint density at radius 3 is 2.76 bits per heavy atom. The first-order chi connectivity index (χ1) is 9.94. The summed E-state index contributed by atoms with van der Waals surface area (Å²) in [7, 11) is -1.77. The van der Waals surface area contributed by atoms with Crippen LogP contribution in [0.15, 0.2) is 20.0 Å². The summed E-state index contributed by atoms with van der Waals surface area (Å²) in [5, 5.41) is 2.94. The predicted octanol–water partition coefficient (Wildman–Crippen LogP) is 3.01. The third-order valence-corrected chi connectivity index (χ3v) is 6.36. The first kappa shape index (κ1) is 17.0. The summed E-state index contributed by atoms with van der Waals surface area (Å²) in [6.07, 6.45) is 5.42. The molecule has 7 heteroatoms. The Morgan fingerprint density at radius 1 is 1.33 bits per heavy atom. The summed E-state index contributed by atoms with van der Waals surface area (Å²) in [4.78, 5) is 0.184. The molecule has 1 aromatic heterocycles. The topological polar surface area (TPSA) is 71.3 Å². The molecular formula is C14H23BrN2O3S. The minimum absolute atomic E-state index is 0.00653. The van der Waals surface area contributed by atoms with E-state index in [2.05, 4.69) is 32.9 Å². The maximum absolute atomic E-state index is 12.6. The van der Waals surface area contributed by atoms with Gasteiger partial charge in [-0.1, -0.05) is 26.2 Å². The zero-order valence-corrected chi connectivity index (χ0v) is 14.9. The van der Waals surface area contributed by atoms with Crippen LogP contribution in [0.25, 0.3) is 0 Å². The molecule has 2 rings (SSSR count). The Kier molecular flexibility index (Phi) is 5.88. The van der Waals surface area contributed by atoms with Crippen molar-refractivity contribution >= 4 is 26.0 Å². The summed E-state index contributed by atoms with van der Waals surface area (Å²) < 4.78 is 33.7. The quantitative estimate of drug-likeness (QED) is 0.772. The second-order valence-corrected chi connectivity index (χ2v) is 8.13. The lowest BCUT2D eigenvalue weighted by atomic mass is 9.98. The largest absolute Gasteiger partial charge is 0.452 e. The van der Waals surface area contributed by atoms with E-state index in [1.165, 1.54) is 12.8 Å². The van der Waals surface area contributed by atoms with E-state index in [4.69, 9.17) is 4.42 Å². The molecule has 0 amide bonds. The molecule has 5 nitrogen and oxygen atoms in total. The van der Waals surface area contributed by atoms with Crippen LogP contribution >= 0.6 is 15.9 Å². The molecule has 1 heterocycles. The molecule has 0 spiro atoms. The molecule has 1 aliphatic rings. The molecular weight excluding hydrogens is 356 g/mol. The molecule has 0 aliphatic heterocycles. The van der Waals surface area contributed by atoms with E-state index in [0.29, 0.717) is 18.2 Å². The van der Waals surface area contributed by atoms with E-state index in [1.807, 2.05) is 0 Å². The lowest BCUT2D eigenvalue weighted by Gasteiger charge is -2.22. The SMILES string of the molecule is CNCc1cc(S(=O)(=O)NC2CCCCCC2C)c(Br)o1. The van der Waals surface area contributed by atoms with Crippen molar-refractivity contribution in [1.82, 2.24) is 10.0 Å². The van der Waals surface area contributed by atoms with Gasteiger partial charge in [-0.2, -0.15) is 0 Å². The second-order valence-electron chi connectivity index (χ2n) is 5.72. The molecule has 0 aromatic carbocycles. The average Bonchev–Trinajstić information content (AvgIpc) is 2.67. The molecule has 120 valence electrons. The maximum Gasteiger partial charge on any atom is 0.245 e. The van der Waals surface area contributed by atoms with Crippen LogP contribution in [0.3, 0.4) is 0 Å². The maximum atomic E-state index is 12.6. The lowest BCUT2D eigenvalue weighted by molar-refractivity contribution is 0.399. The Morgan fingerprint density at radius 2 is 2.05 bits per heavy atom. The monoisotopic (exact) mass is 378 g/mol. The summed E-state index contributed by atoms with van der Waals surface area (Å²) in [6.45, 7) is 2.61. The van der Waals surface area contributed by atoms with Gasteiger partial charge in [-0.3, -0.25) is 0 Å². The van der Waals surface area contributed by atoms with Gasteiger partial charge in [-0.15, -0.1) is 0 Å². The number of furan rings is 1. The van der Waals surface area contributed by atoms with Crippen LogP contribution in [0.1, 0.15) is 44.8 Å². The molecule has 2 N–H and O–H groups in total. The summed E-state index contributed by atoms with van der Waals surface area (Å²) in [5.74, 6) is 0.961. The molecule has 2 unspecified atom stereocenters. The molecule has 0 bridgehead atoms. The normalized spacial score (nSPS) is 24.0. The Bertz CT molecular complexity index is 571. The van der Waals surface area contributed by atoms with E-state index >= 15 is 0 Å². The van der Waals surface area contributed by atoms with E-state index in [1.54, 1.807) is 13.1 Å². The van der Waals surface area contributed by atoms with Crippen LogP contribution in [-0.4, -0.2) is 21.5 Å². The summed E-state index contributed by atoms with van der Waals surface area (Å²) in [5.41, 5.74) is 0.